The molecule has 25 heavy (non-hydrogen) atoms. The summed E-state index contributed by atoms with van der Waals surface area (Å²) in [6.07, 6.45) is -1.03. The molecule has 7 nitrogen and oxygen atoms in total. The maximum Gasteiger partial charge on any atom is 0.334 e. The molecule has 1 aliphatic rings. The van der Waals surface area contributed by atoms with Gasteiger partial charge in [-0.15, -0.1) is 0 Å². The number of nitrogens with zero attached hydrogens (tertiary/aromatic N) is 1. The van der Waals surface area contributed by atoms with Crippen molar-refractivity contribution >= 4 is 11.9 Å². The zero-order valence-corrected chi connectivity index (χ0v) is 13.2. The highest BCUT2D eigenvalue weighted by molar-refractivity contribution is 5.92. The predicted octanol–water partition coefficient (Wildman–Crippen LogP) is 1.92. The van der Waals surface area contributed by atoms with Crippen LogP contribution in [0.1, 0.15) is 16.3 Å². The molecule has 3 rings (SSSR count). The molecule has 0 aliphatic carbocycles. The van der Waals surface area contributed by atoms with E-state index in [0.29, 0.717) is 18.1 Å². The Labute approximate surface area is 142 Å². The van der Waals surface area contributed by atoms with Crippen LogP contribution in [0.15, 0.2) is 40.8 Å². The smallest absolute Gasteiger partial charge is 0.334 e. The van der Waals surface area contributed by atoms with Gasteiger partial charge in [0.05, 0.1) is 13.2 Å². The van der Waals surface area contributed by atoms with Gasteiger partial charge in [-0.25, -0.2) is 9.18 Å². The summed E-state index contributed by atoms with van der Waals surface area (Å²) in [5.41, 5.74) is 0. The van der Waals surface area contributed by atoms with Crippen molar-refractivity contribution in [2.45, 2.75) is 12.7 Å². The molecule has 1 saturated heterocycles. The van der Waals surface area contributed by atoms with Gasteiger partial charge in [0.1, 0.15) is 23.9 Å². The molecule has 1 amide bonds. The molecule has 0 unspecified atom stereocenters. The van der Waals surface area contributed by atoms with E-state index < -0.39 is 18.0 Å². The Morgan fingerprint density at radius 2 is 2.00 bits per heavy atom. The molecule has 8 heteroatoms. The largest absolute Gasteiger partial charge is 0.486 e. The second-order valence-corrected chi connectivity index (χ2v) is 5.46. The molecule has 1 atom stereocenters. The van der Waals surface area contributed by atoms with Gasteiger partial charge in [0.2, 0.25) is 0 Å². The van der Waals surface area contributed by atoms with Gasteiger partial charge in [0.15, 0.2) is 11.9 Å². The number of benzene rings is 1. The monoisotopic (exact) mass is 349 g/mol. The number of ether oxygens (including phenoxy) is 2. The molecule has 1 fully saturated rings. The Morgan fingerprint density at radius 1 is 1.24 bits per heavy atom. The minimum absolute atomic E-state index is 0.0315. The molecule has 0 bridgehead atoms. The van der Waals surface area contributed by atoms with Crippen molar-refractivity contribution in [3.63, 3.8) is 0 Å². The Bertz CT molecular complexity index is 757. The number of hydrogen-bond acceptors (Lipinski definition) is 5. The summed E-state index contributed by atoms with van der Waals surface area (Å²) in [5, 5.41) is 8.98. The van der Waals surface area contributed by atoms with Crippen LogP contribution in [0.3, 0.4) is 0 Å². The number of aliphatic carboxylic acids is 1. The second kappa shape index (κ2) is 7.35. The van der Waals surface area contributed by atoms with Crippen LogP contribution in [-0.4, -0.2) is 47.7 Å². The molecular weight excluding hydrogens is 333 g/mol. The van der Waals surface area contributed by atoms with E-state index >= 15 is 0 Å². The molecule has 1 aromatic heterocycles. The van der Waals surface area contributed by atoms with E-state index in [1.807, 2.05) is 0 Å². The maximum atomic E-state index is 12.8. The Kier molecular flexibility index (Phi) is 4.99. The molecule has 2 heterocycles. The second-order valence-electron chi connectivity index (χ2n) is 5.46. The number of hydrogen-bond donors (Lipinski definition) is 1. The lowest BCUT2D eigenvalue weighted by atomic mass is 10.2. The van der Waals surface area contributed by atoms with Crippen molar-refractivity contribution in [1.82, 2.24) is 4.90 Å². The number of morpholine rings is 1. The third kappa shape index (κ3) is 4.16. The molecule has 0 spiro atoms. The number of amides is 1. The van der Waals surface area contributed by atoms with Crippen molar-refractivity contribution in [2.24, 2.45) is 0 Å². The highest BCUT2D eigenvalue weighted by Crippen LogP contribution is 2.17. The van der Waals surface area contributed by atoms with Gasteiger partial charge >= 0.3 is 5.97 Å². The summed E-state index contributed by atoms with van der Waals surface area (Å²) in [5.74, 6) is -0.862. The molecule has 1 aliphatic heterocycles. The maximum absolute atomic E-state index is 12.8. The number of furan rings is 1. The van der Waals surface area contributed by atoms with Crippen molar-refractivity contribution in [2.75, 3.05) is 19.7 Å². The topological polar surface area (TPSA) is 89.2 Å². The molecule has 1 N–H and O–H groups in total. The lowest BCUT2D eigenvalue weighted by molar-refractivity contribution is -0.154. The van der Waals surface area contributed by atoms with Crippen LogP contribution in [0.4, 0.5) is 4.39 Å². The Balaban J connectivity index is 1.59. The van der Waals surface area contributed by atoms with Gasteiger partial charge in [0, 0.05) is 6.54 Å². The Morgan fingerprint density at radius 3 is 2.72 bits per heavy atom. The zero-order valence-electron chi connectivity index (χ0n) is 13.2. The molecular formula is C17H16FNO6. The van der Waals surface area contributed by atoms with E-state index in [2.05, 4.69) is 0 Å². The Hall–Kier alpha value is -2.87. The first-order chi connectivity index (χ1) is 12.0. The van der Waals surface area contributed by atoms with Gasteiger partial charge in [-0.1, -0.05) is 0 Å². The average Bonchev–Trinajstić information content (AvgIpc) is 3.09. The lowest BCUT2D eigenvalue weighted by Gasteiger charge is -2.30. The summed E-state index contributed by atoms with van der Waals surface area (Å²) in [7, 11) is 0. The number of carbonyl (C=O) groups is 2. The fraction of sp³-hybridized carbons (Fsp3) is 0.294. The molecule has 0 radical (unpaired) electrons. The fourth-order valence-electron chi connectivity index (χ4n) is 2.39. The molecule has 0 saturated carbocycles. The number of carbonyl (C=O) groups excluding carboxylic acids is 1. The quantitative estimate of drug-likeness (QED) is 0.887. The fourth-order valence-corrected chi connectivity index (χ4v) is 2.39. The normalized spacial score (nSPS) is 17.3. The lowest BCUT2D eigenvalue weighted by Crippen LogP contribution is -2.48. The van der Waals surface area contributed by atoms with Crippen LogP contribution in [0.2, 0.25) is 0 Å². The van der Waals surface area contributed by atoms with Gasteiger partial charge in [-0.05, 0) is 36.4 Å². The SMILES string of the molecule is O=C(O)[C@H]1CN(C(=O)c2ccc(COc3ccc(F)cc3)o2)CCO1. The average molecular weight is 349 g/mol. The third-order valence-electron chi connectivity index (χ3n) is 3.70. The summed E-state index contributed by atoms with van der Waals surface area (Å²) in [4.78, 5) is 24.8. The van der Waals surface area contributed by atoms with Crippen molar-refractivity contribution in [3.05, 3.63) is 53.7 Å². The minimum Gasteiger partial charge on any atom is -0.486 e. The van der Waals surface area contributed by atoms with E-state index in [1.54, 1.807) is 6.07 Å². The summed E-state index contributed by atoms with van der Waals surface area (Å²) in [6.45, 7) is 0.505. The van der Waals surface area contributed by atoms with E-state index in [4.69, 9.17) is 19.0 Å². The first-order valence-corrected chi connectivity index (χ1v) is 7.63. The molecule has 1 aromatic carbocycles. The van der Waals surface area contributed by atoms with Crippen molar-refractivity contribution < 1.29 is 33.0 Å². The van der Waals surface area contributed by atoms with Crippen LogP contribution in [-0.2, 0) is 16.1 Å². The highest BCUT2D eigenvalue weighted by Gasteiger charge is 2.30. The summed E-state index contributed by atoms with van der Waals surface area (Å²) >= 11 is 0. The van der Waals surface area contributed by atoms with Gasteiger partial charge in [-0.3, -0.25) is 4.79 Å². The van der Waals surface area contributed by atoms with E-state index in [0.717, 1.165) is 0 Å². The number of carboxylic acids is 1. The molecule has 2 aromatic rings. The minimum atomic E-state index is -1.11. The van der Waals surface area contributed by atoms with E-state index in [1.165, 1.54) is 35.2 Å². The van der Waals surface area contributed by atoms with Crippen LogP contribution in [0.25, 0.3) is 0 Å². The third-order valence-corrected chi connectivity index (χ3v) is 3.70. The van der Waals surface area contributed by atoms with Crippen molar-refractivity contribution in [1.29, 1.82) is 0 Å². The molecule has 132 valence electrons. The van der Waals surface area contributed by atoms with Crippen LogP contribution < -0.4 is 4.74 Å². The standard InChI is InChI=1S/C17H16FNO6/c18-11-1-3-12(4-2-11)24-10-13-5-6-14(25-13)16(20)19-7-8-23-15(9-19)17(21)22/h1-6,15H,7-10H2,(H,21,22)/t15-/m1/s1. The zero-order chi connectivity index (χ0) is 17.8. The highest BCUT2D eigenvalue weighted by atomic mass is 19.1. The van der Waals surface area contributed by atoms with Crippen molar-refractivity contribution in [3.8, 4) is 5.75 Å². The first-order valence-electron chi connectivity index (χ1n) is 7.63. The first kappa shape index (κ1) is 17.0. The number of rotatable bonds is 5. The summed E-state index contributed by atoms with van der Waals surface area (Å²) < 4.78 is 28.8. The van der Waals surface area contributed by atoms with Gasteiger partial charge < -0.3 is 23.9 Å². The van der Waals surface area contributed by atoms with Gasteiger partial charge in [-0.2, -0.15) is 0 Å². The predicted molar refractivity (Wildman–Crippen MR) is 82.7 cm³/mol. The van der Waals surface area contributed by atoms with Crippen LogP contribution in [0.5, 0.6) is 5.75 Å². The van der Waals surface area contributed by atoms with E-state index in [9.17, 15) is 14.0 Å². The number of carboxylic acid groups (broad SMARTS) is 1. The van der Waals surface area contributed by atoms with E-state index in [-0.39, 0.29) is 31.3 Å². The summed E-state index contributed by atoms with van der Waals surface area (Å²) in [6, 6.07) is 8.66. The van der Waals surface area contributed by atoms with Gasteiger partial charge in [0.25, 0.3) is 5.91 Å². The van der Waals surface area contributed by atoms with Crippen LogP contribution in [0, 0.1) is 5.82 Å². The number of halogens is 1. The van der Waals surface area contributed by atoms with Crippen LogP contribution >= 0.6 is 0 Å².